The van der Waals surface area contributed by atoms with Gasteiger partial charge >= 0.3 is 0 Å². The number of hydrogen-bond acceptors (Lipinski definition) is 3. The summed E-state index contributed by atoms with van der Waals surface area (Å²) in [6.45, 7) is 4.14. The molecule has 0 N–H and O–H groups in total. The van der Waals surface area contributed by atoms with Gasteiger partial charge in [0.25, 0.3) is 0 Å². The van der Waals surface area contributed by atoms with Crippen LogP contribution in [0.3, 0.4) is 0 Å². The first-order valence-corrected chi connectivity index (χ1v) is 8.70. The van der Waals surface area contributed by atoms with Crippen molar-refractivity contribution in [1.82, 2.24) is 14.8 Å². The van der Waals surface area contributed by atoms with Crippen LogP contribution in [0.2, 0.25) is 10.0 Å². The molecule has 24 heavy (non-hydrogen) atoms. The SMILES string of the molecule is O=C(Cc1ccc(Cl)cc1Cl)N1CCN(Cc2ccncc2)CC1. The number of aromatic nitrogens is 1. The highest BCUT2D eigenvalue weighted by Gasteiger charge is 2.21. The second kappa shape index (κ2) is 7.97. The molecule has 3 rings (SSSR count). The van der Waals surface area contributed by atoms with Gasteiger partial charge in [0.1, 0.15) is 0 Å². The molecule has 0 atom stereocenters. The lowest BCUT2D eigenvalue weighted by Gasteiger charge is -2.34. The summed E-state index contributed by atoms with van der Waals surface area (Å²) in [6, 6.07) is 9.32. The minimum absolute atomic E-state index is 0.114. The number of rotatable bonds is 4. The van der Waals surface area contributed by atoms with Crippen molar-refractivity contribution in [3.63, 3.8) is 0 Å². The summed E-state index contributed by atoms with van der Waals surface area (Å²) < 4.78 is 0. The van der Waals surface area contributed by atoms with Gasteiger partial charge in [-0.05, 0) is 35.4 Å². The molecule has 126 valence electrons. The van der Waals surface area contributed by atoms with E-state index in [2.05, 4.69) is 9.88 Å². The van der Waals surface area contributed by atoms with Crippen molar-refractivity contribution in [3.05, 3.63) is 63.9 Å². The lowest BCUT2D eigenvalue weighted by molar-refractivity contribution is -0.132. The Morgan fingerprint density at radius 2 is 1.75 bits per heavy atom. The Balaban J connectivity index is 1.51. The number of hydrogen-bond donors (Lipinski definition) is 0. The highest BCUT2D eigenvalue weighted by Crippen LogP contribution is 2.22. The Labute approximate surface area is 152 Å². The molecule has 1 aromatic carbocycles. The van der Waals surface area contributed by atoms with E-state index < -0.39 is 0 Å². The van der Waals surface area contributed by atoms with Crippen LogP contribution in [0.4, 0.5) is 0 Å². The normalized spacial score (nSPS) is 15.5. The standard InChI is InChI=1S/C18H19Cl2N3O/c19-16-2-1-15(17(20)12-16)11-18(24)23-9-7-22(8-10-23)13-14-3-5-21-6-4-14/h1-6,12H,7-11,13H2. The highest BCUT2D eigenvalue weighted by atomic mass is 35.5. The molecule has 2 aromatic rings. The summed E-state index contributed by atoms with van der Waals surface area (Å²) in [5.41, 5.74) is 2.07. The van der Waals surface area contributed by atoms with E-state index in [1.807, 2.05) is 35.5 Å². The van der Waals surface area contributed by atoms with E-state index in [1.54, 1.807) is 12.1 Å². The quantitative estimate of drug-likeness (QED) is 0.836. The zero-order valence-electron chi connectivity index (χ0n) is 13.3. The lowest BCUT2D eigenvalue weighted by Crippen LogP contribution is -2.48. The van der Waals surface area contributed by atoms with Crippen LogP contribution in [0.15, 0.2) is 42.7 Å². The fourth-order valence-electron chi connectivity index (χ4n) is 2.84. The van der Waals surface area contributed by atoms with E-state index in [0.29, 0.717) is 16.5 Å². The van der Waals surface area contributed by atoms with Gasteiger partial charge in [0, 0.05) is 55.2 Å². The Morgan fingerprint density at radius 3 is 2.42 bits per heavy atom. The van der Waals surface area contributed by atoms with Gasteiger partial charge in [-0.25, -0.2) is 0 Å². The first-order valence-electron chi connectivity index (χ1n) is 7.95. The number of carbonyl (C=O) groups excluding carboxylic acids is 1. The predicted octanol–water partition coefficient (Wildman–Crippen LogP) is 3.28. The zero-order chi connectivity index (χ0) is 16.9. The van der Waals surface area contributed by atoms with Crippen LogP contribution < -0.4 is 0 Å². The third-order valence-corrected chi connectivity index (χ3v) is 4.82. The number of piperazine rings is 1. The number of benzene rings is 1. The summed E-state index contributed by atoms with van der Waals surface area (Å²) in [5.74, 6) is 0.114. The van der Waals surface area contributed by atoms with Crippen molar-refractivity contribution in [1.29, 1.82) is 0 Å². The van der Waals surface area contributed by atoms with Crippen LogP contribution in [0, 0.1) is 0 Å². The predicted molar refractivity (Wildman–Crippen MR) is 96.3 cm³/mol. The molecule has 6 heteroatoms. The van der Waals surface area contributed by atoms with Crippen LogP contribution in [0.5, 0.6) is 0 Å². The molecule has 1 aliphatic heterocycles. The van der Waals surface area contributed by atoms with Gasteiger partial charge in [-0.15, -0.1) is 0 Å². The molecule has 0 spiro atoms. The minimum Gasteiger partial charge on any atom is -0.340 e. The molecule has 1 aliphatic rings. The van der Waals surface area contributed by atoms with Crippen molar-refractivity contribution >= 4 is 29.1 Å². The Bertz CT molecular complexity index is 701. The molecule has 0 aliphatic carbocycles. The van der Waals surface area contributed by atoms with Crippen molar-refractivity contribution in [2.75, 3.05) is 26.2 Å². The molecule has 0 unspecified atom stereocenters. The Hall–Kier alpha value is -1.62. The first kappa shape index (κ1) is 17.2. The molecule has 0 bridgehead atoms. The number of nitrogens with zero attached hydrogens (tertiary/aromatic N) is 3. The topological polar surface area (TPSA) is 36.4 Å². The Kier molecular flexibility index (Phi) is 5.72. The average Bonchev–Trinajstić information content (AvgIpc) is 2.59. The maximum Gasteiger partial charge on any atom is 0.227 e. The van der Waals surface area contributed by atoms with Crippen molar-refractivity contribution in [2.45, 2.75) is 13.0 Å². The van der Waals surface area contributed by atoms with E-state index in [1.165, 1.54) is 5.56 Å². The molecule has 1 saturated heterocycles. The van der Waals surface area contributed by atoms with Crippen molar-refractivity contribution < 1.29 is 4.79 Å². The third-order valence-electron chi connectivity index (χ3n) is 4.24. The molecule has 1 fully saturated rings. The van der Waals surface area contributed by atoms with Crippen molar-refractivity contribution in [2.24, 2.45) is 0 Å². The second-order valence-electron chi connectivity index (χ2n) is 5.92. The Morgan fingerprint density at radius 1 is 1.04 bits per heavy atom. The molecule has 0 saturated carbocycles. The van der Waals surface area contributed by atoms with Crippen LogP contribution in [0.1, 0.15) is 11.1 Å². The van der Waals surface area contributed by atoms with E-state index in [-0.39, 0.29) is 5.91 Å². The fourth-order valence-corrected chi connectivity index (χ4v) is 3.32. The summed E-state index contributed by atoms with van der Waals surface area (Å²) in [4.78, 5) is 20.8. The van der Waals surface area contributed by atoms with Gasteiger partial charge in [-0.1, -0.05) is 29.3 Å². The zero-order valence-corrected chi connectivity index (χ0v) is 14.8. The average molecular weight is 364 g/mol. The van der Waals surface area contributed by atoms with E-state index in [9.17, 15) is 4.79 Å². The molecular formula is C18H19Cl2N3O. The van der Waals surface area contributed by atoms with Gasteiger partial charge in [0.15, 0.2) is 0 Å². The van der Waals surface area contributed by atoms with Crippen LogP contribution in [-0.4, -0.2) is 46.9 Å². The maximum atomic E-state index is 12.5. The summed E-state index contributed by atoms with van der Waals surface area (Å²) in [5, 5.41) is 1.13. The van der Waals surface area contributed by atoms with Gasteiger partial charge in [0.2, 0.25) is 5.91 Å². The van der Waals surface area contributed by atoms with Gasteiger partial charge in [-0.3, -0.25) is 14.7 Å². The number of amides is 1. The fraction of sp³-hybridized carbons (Fsp3) is 0.333. The molecule has 1 amide bonds. The molecule has 1 aromatic heterocycles. The van der Waals surface area contributed by atoms with Crippen LogP contribution in [-0.2, 0) is 17.8 Å². The van der Waals surface area contributed by atoms with E-state index >= 15 is 0 Å². The lowest BCUT2D eigenvalue weighted by atomic mass is 10.1. The first-order chi connectivity index (χ1) is 11.6. The molecule has 2 heterocycles. The van der Waals surface area contributed by atoms with Gasteiger partial charge in [0.05, 0.1) is 6.42 Å². The van der Waals surface area contributed by atoms with Gasteiger partial charge in [-0.2, -0.15) is 0 Å². The summed E-state index contributed by atoms with van der Waals surface area (Å²) in [6.07, 6.45) is 3.94. The van der Waals surface area contributed by atoms with Gasteiger partial charge < -0.3 is 4.90 Å². The summed E-state index contributed by atoms with van der Waals surface area (Å²) in [7, 11) is 0. The monoisotopic (exact) mass is 363 g/mol. The van der Waals surface area contributed by atoms with Crippen LogP contribution in [0.25, 0.3) is 0 Å². The smallest absolute Gasteiger partial charge is 0.227 e. The van der Waals surface area contributed by atoms with E-state index in [0.717, 1.165) is 38.3 Å². The molecule has 0 radical (unpaired) electrons. The number of carbonyl (C=O) groups is 1. The maximum absolute atomic E-state index is 12.5. The number of pyridine rings is 1. The number of halogens is 2. The molecular weight excluding hydrogens is 345 g/mol. The minimum atomic E-state index is 0.114. The second-order valence-corrected chi connectivity index (χ2v) is 6.77. The van der Waals surface area contributed by atoms with Crippen molar-refractivity contribution in [3.8, 4) is 0 Å². The van der Waals surface area contributed by atoms with E-state index in [4.69, 9.17) is 23.2 Å². The van der Waals surface area contributed by atoms with Crippen LogP contribution >= 0.6 is 23.2 Å². The third kappa shape index (κ3) is 4.47. The largest absolute Gasteiger partial charge is 0.340 e. The highest BCUT2D eigenvalue weighted by molar-refractivity contribution is 6.35. The molecule has 4 nitrogen and oxygen atoms in total. The summed E-state index contributed by atoms with van der Waals surface area (Å²) >= 11 is 12.1.